The lowest BCUT2D eigenvalue weighted by atomic mass is 9.93. The number of nitrogens with zero attached hydrogens (tertiary/aromatic N) is 3. The smallest absolute Gasteiger partial charge is 0.229 e. The van der Waals surface area contributed by atoms with Gasteiger partial charge in [-0.25, -0.2) is 19.3 Å². The van der Waals surface area contributed by atoms with Crippen LogP contribution in [0.2, 0.25) is 0 Å². The first-order valence-electron chi connectivity index (χ1n) is 9.49. The van der Waals surface area contributed by atoms with Crippen molar-refractivity contribution in [3.8, 4) is 5.75 Å². The summed E-state index contributed by atoms with van der Waals surface area (Å²) in [6.45, 7) is 3.87. The molecule has 1 N–H and O–H groups in total. The van der Waals surface area contributed by atoms with Crippen LogP contribution in [0.3, 0.4) is 0 Å². The third kappa shape index (κ3) is 4.18. The van der Waals surface area contributed by atoms with Crippen LogP contribution >= 0.6 is 15.9 Å². The van der Waals surface area contributed by atoms with E-state index >= 15 is 0 Å². The number of nitrogens with one attached hydrogen (secondary N) is 1. The van der Waals surface area contributed by atoms with Crippen molar-refractivity contribution in [3.63, 3.8) is 0 Å². The number of halogens is 2. The summed E-state index contributed by atoms with van der Waals surface area (Å²) >= 11 is 3.32. The Morgan fingerprint density at radius 2 is 2.10 bits per heavy atom. The van der Waals surface area contributed by atoms with Crippen molar-refractivity contribution in [1.29, 1.82) is 0 Å². The number of carbonyl (C=O) groups is 1. The molecule has 0 bridgehead atoms. The van der Waals surface area contributed by atoms with Crippen molar-refractivity contribution in [2.45, 2.75) is 25.7 Å². The molecule has 0 aliphatic heterocycles. The normalized spacial score (nSPS) is 19.9. The molecule has 0 saturated heterocycles. The highest BCUT2D eigenvalue weighted by molar-refractivity contribution is 9.10. The SMILES string of the molecule is Cc1ncc(OC[C@@]2(c3cccc(F)c3)C[C@H]2C(=O)Nc2ccc(Br)cn2)c(C)n1. The number of hydrogen-bond acceptors (Lipinski definition) is 5. The van der Waals surface area contributed by atoms with E-state index in [4.69, 9.17) is 4.74 Å². The second-order valence-electron chi connectivity index (χ2n) is 7.43. The van der Waals surface area contributed by atoms with Crippen molar-refractivity contribution < 1.29 is 13.9 Å². The molecule has 1 fully saturated rings. The van der Waals surface area contributed by atoms with E-state index < -0.39 is 5.41 Å². The Morgan fingerprint density at radius 3 is 2.80 bits per heavy atom. The Bertz CT molecular complexity index is 1090. The standard InChI is InChI=1S/C22H20BrFN4O2/c1-13-19(11-25-14(2)27-13)30-12-22(15-4-3-5-17(24)8-15)9-18(22)21(29)28-20-7-6-16(23)10-26-20/h3-8,10-11,18H,9,12H2,1-2H3,(H,26,28,29)/t18-,22+/m0/s1. The third-order valence-corrected chi connectivity index (χ3v) is 5.78. The Labute approximate surface area is 182 Å². The summed E-state index contributed by atoms with van der Waals surface area (Å²) in [5.41, 5.74) is 0.827. The molecule has 6 nitrogen and oxygen atoms in total. The highest BCUT2D eigenvalue weighted by Crippen LogP contribution is 2.55. The van der Waals surface area contributed by atoms with E-state index in [9.17, 15) is 9.18 Å². The Kier molecular flexibility index (Phi) is 5.51. The van der Waals surface area contributed by atoms with Crippen LogP contribution in [0, 0.1) is 25.6 Å². The molecule has 4 rings (SSSR count). The van der Waals surface area contributed by atoms with Crippen molar-refractivity contribution in [1.82, 2.24) is 15.0 Å². The third-order valence-electron chi connectivity index (χ3n) is 5.31. The fourth-order valence-corrected chi connectivity index (χ4v) is 3.83. The Hall–Kier alpha value is -2.87. The van der Waals surface area contributed by atoms with Gasteiger partial charge in [-0.15, -0.1) is 0 Å². The van der Waals surface area contributed by atoms with Crippen molar-refractivity contribution in [2.75, 3.05) is 11.9 Å². The van der Waals surface area contributed by atoms with Crippen LogP contribution in [0.4, 0.5) is 10.2 Å². The highest BCUT2D eigenvalue weighted by Gasteiger charge is 2.60. The van der Waals surface area contributed by atoms with Gasteiger partial charge in [0.25, 0.3) is 0 Å². The van der Waals surface area contributed by atoms with Gasteiger partial charge in [0.1, 0.15) is 17.5 Å². The molecule has 1 saturated carbocycles. The maximum absolute atomic E-state index is 13.9. The molecule has 1 aromatic carbocycles. The maximum atomic E-state index is 13.9. The number of anilines is 1. The second-order valence-corrected chi connectivity index (χ2v) is 8.35. The number of aryl methyl sites for hydroxylation is 2. The fraction of sp³-hybridized carbons (Fsp3) is 0.273. The first-order chi connectivity index (χ1) is 14.4. The lowest BCUT2D eigenvalue weighted by Gasteiger charge is -2.19. The molecule has 3 aromatic rings. The summed E-state index contributed by atoms with van der Waals surface area (Å²) in [6, 6.07) is 9.86. The molecular weight excluding hydrogens is 451 g/mol. The largest absolute Gasteiger partial charge is 0.489 e. The van der Waals surface area contributed by atoms with E-state index in [0.29, 0.717) is 23.8 Å². The van der Waals surface area contributed by atoms with Crippen LogP contribution in [0.5, 0.6) is 5.75 Å². The molecule has 8 heteroatoms. The van der Waals surface area contributed by atoms with Crippen molar-refractivity contribution in [2.24, 2.45) is 5.92 Å². The van der Waals surface area contributed by atoms with Crippen molar-refractivity contribution in [3.05, 3.63) is 76.2 Å². The summed E-state index contributed by atoms with van der Waals surface area (Å²) in [4.78, 5) is 25.6. The van der Waals surface area contributed by atoms with Gasteiger partial charge in [-0.05, 0) is 66.0 Å². The summed E-state index contributed by atoms with van der Waals surface area (Å²) in [6.07, 6.45) is 3.79. The zero-order valence-electron chi connectivity index (χ0n) is 16.5. The Morgan fingerprint density at radius 1 is 1.27 bits per heavy atom. The van der Waals surface area contributed by atoms with Gasteiger partial charge in [-0.2, -0.15) is 0 Å². The molecular formula is C22H20BrFN4O2. The number of benzene rings is 1. The van der Waals surface area contributed by atoms with E-state index in [2.05, 4.69) is 36.2 Å². The monoisotopic (exact) mass is 470 g/mol. The van der Waals surface area contributed by atoms with Crippen LogP contribution in [-0.2, 0) is 10.2 Å². The first kappa shape index (κ1) is 20.4. The number of aromatic nitrogens is 3. The maximum Gasteiger partial charge on any atom is 0.229 e. The highest BCUT2D eigenvalue weighted by atomic mass is 79.9. The first-order valence-corrected chi connectivity index (χ1v) is 10.3. The van der Waals surface area contributed by atoms with E-state index in [1.165, 1.54) is 12.1 Å². The fourth-order valence-electron chi connectivity index (χ4n) is 3.59. The van der Waals surface area contributed by atoms with E-state index in [1.54, 1.807) is 30.6 Å². The molecule has 0 unspecified atom stereocenters. The Balaban J connectivity index is 1.56. The number of pyridine rings is 1. The molecule has 1 aliphatic rings. The number of carbonyl (C=O) groups excluding carboxylic acids is 1. The average Bonchev–Trinajstić information content (AvgIpc) is 3.45. The quantitative estimate of drug-likeness (QED) is 0.578. The number of ether oxygens (including phenoxy) is 1. The molecule has 2 atom stereocenters. The van der Waals surface area contributed by atoms with Gasteiger partial charge in [0.15, 0.2) is 5.75 Å². The molecule has 0 spiro atoms. The van der Waals surface area contributed by atoms with Crippen LogP contribution in [0.25, 0.3) is 0 Å². The van der Waals surface area contributed by atoms with Crippen LogP contribution in [0.1, 0.15) is 23.5 Å². The molecule has 1 amide bonds. The molecule has 1 aliphatic carbocycles. The van der Waals surface area contributed by atoms with Gasteiger partial charge in [0.05, 0.1) is 24.4 Å². The molecule has 2 aromatic heterocycles. The zero-order chi connectivity index (χ0) is 21.3. The number of hydrogen-bond donors (Lipinski definition) is 1. The number of amides is 1. The van der Waals surface area contributed by atoms with E-state index in [1.807, 2.05) is 19.9 Å². The van der Waals surface area contributed by atoms with E-state index in [-0.39, 0.29) is 24.2 Å². The lowest BCUT2D eigenvalue weighted by molar-refractivity contribution is -0.117. The molecule has 0 radical (unpaired) electrons. The van der Waals surface area contributed by atoms with Gasteiger partial charge in [-0.3, -0.25) is 4.79 Å². The van der Waals surface area contributed by atoms with Crippen LogP contribution < -0.4 is 10.1 Å². The van der Waals surface area contributed by atoms with Gasteiger partial charge in [0, 0.05) is 16.1 Å². The van der Waals surface area contributed by atoms with Crippen LogP contribution in [0.15, 0.2) is 53.3 Å². The minimum atomic E-state index is -0.626. The van der Waals surface area contributed by atoms with Gasteiger partial charge < -0.3 is 10.1 Å². The summed E-state index contributed by atoms with van der Waals surface area (Å²) in [7, 11) is 0. The minimum absolute atomic E-state index is 0.172. The minimum Gasteiger partial charge on any atom is -0.489 e. The lowest BCUT2D eigenvalue weighted by Crippen LogP contribution is -2.27. The van der Waals surface area contributed by atoms with Gasteiger partial charge >= 0.3 is 0 Å². The summed E-state index contributed by atoms with van der Waals surface area (Å²) in [5, 5.41) is 2.84. The zero-order valence-corrected chi connectivity index (χ0v) is 18.1. The summed E-state index contributed by atoms with van der Waals surface area (Å²) in [5.74, 6) is 0.794. The topological polar surface area (TPSA) is 77.0 Å². The van der Waals surface area contributed by atoms with E-state index in [0.717, 1.165) is 15.7 Å². The van der Waals surface area contributed by atoms with Crippen LogP contribution in [-0.4, -0.2) is 27.5 Å². The predicted octanol–water partition coefficient (Wildman–Crippen LogP) is 4.37. The second kappa shape index (κ2) is 8.10. The average molecular weight is 471 g/mol. The van der Waals surface area contributed by atoms with Gasteiger partial charge in [0.2, 0.25) is 5.91 Å². The van der Waals surface area contributed by atoms with Crippen molar-refractivity contribution >= 4 is 27.7 Å². The number of rotatable bonds is 6. The molecule has 154 valence electrons. The van der Waals surface area contributed by atoms with Gasteiger partial charge in [-0.1, -0.05) is 12.1 Å². The summed E-state index contributed by atoms with van der Waals surface area (Å²) < 4.78 is 20.8. The molecule has 30 heavy (non-hydrogen) atoms. The molecule has 2 heterocycles. The predicted molar refractivity (Wildman–Crippen MR) is 114 cm³/mol.